The second kappa shape index (κ2) is 8.89. The van der Waals surface area contributed by atoms with E-state index >= 15 is 0 Å². The first-order valence-electron chi connectivity index (χ1n) is 8.13. The van der Waals surface area contributed by atoms with Crippen molar-refractivity contribution in [2.45, 2.75) is 26.2 Å². The number of halogens is 1. The summed E-state index contributed by atoms with van der Waals surface area (Å²) in [5.41, 5.74) is 1.43. The molecule has 1 saturated heterocycles. The molecule has 7 heteroatoms. The molecule has 0 saturated carbocycles. The lowest BCUT2D eigenvalue weighted by molar-refractivity contribution is -0.125. The van der Waals surface area contributed by atoms with Gasteiger partial charge in [-0.2, -0.15) is 0 Å². The van der Waals surface area contributed by atoms with E-state index < -0.39 is 0 Å². The molecule has 0 spiro atoms. The lowest BCUT2D eigenvalue weighted by atomic mass is 9.97. The SMILES string of the molecule is COc1cc(Cl)c(C)cc1NC(=O)CCNC(=O)C1CCNCC1. The van der Waals surface area contributed by atoms with Gasteiger partial charge in [0.15, 0.2) is 0 Å². The van der Waals surface area contributed by atoms with Crippen molar-refractivity contribution in [1.29, 1.82) is 0 Å². The van der Waals surface area contributed by atoms with Crippen LogP contribution in [0.1, 0.15) is 24.8 Å². The molecule has 1 aromatic carbocycles. The molecular formula is C17H24ClN3O3. The molecule has 2 rings (SSSR count). The molecule has 1 fully saturated rings. The fourth-order valence-electron chi connectivity index (χ4n) is 2.67. The van der Waals surface area contributed by atoms with Crippen LogP contribution < -0.4 is 20.7 Å². The number of methoxy groups -OCH3 is 1. The van der Waals surface area contributed by atoms with Gasteiger partial charge in [-0.15, -0.1) is 0 Å². The van der Waals surface area contributed by atoms with E-state index in [4.69, 9.17) is 16.3 Å². The van der Waals surface area contributed by atoms with Crippen molar-refractivity contribution in [3.63, 3.8) is 0 Å². The summed E-state index contributed by atoms with van der Waals surface area (Å²) in [5, 5.41) is 9.44. The first-order valence-corrected chi connectivity index (χ1v) is 8.51. The second-order valence-electron chi connectivity index (χ2n) is 5.92. The Hall–Kier alpha value is -1.79. The predicted octanol–water partition coefficient (Wildman–Crippen LogP) is 2.10. The van der Waals surface area contributed by atoms with Crippen LogP contribution in [0.5, 0.6) is 5.75 Å². The molecule has 132 valence electrons. The summed E-state index contributed by atoms with van der Waals surface area (Å²) in [6.45, 7) is 3.92. The van der Waals surface area contributed by atoms with Crippen molar-refractivity contribution in [3.8, 4) is 5.75 Å². The number of aryl methyl sites for hydroxylation is 1. The summed E-state index contributed by atoms with van der Waals surface area (Å²) < 4.78 is 5.23. The summed E-state index contributed by atoms with van der Waals surface area (Å²) in [5.74, 6) is 0.413. The number of rotatable bonds is 6. The number of anilines is 1. The lowest BCUT2D eigenvalue weighted by Gasteiger charge is -2.21. The number of carbonyl (C=O) groups excluding carboxylic acids is 2. The molecule has 0 radical (unpaired) electrons. The number of amides is 2. The van der Waals surface area contributed by atoms with Crippen LogP contribution in [0.15, 0.2) is 12.1 Å². The molecule has 1 aliphatic heterocycles. The number of benzene rings is 1. The Bertz CT molecular complexity index is 601. The molecule has 6 nitrogen and oxygen atoms in total. The minimum Gasteiger partial charge on any atom is -0.495 e. The molecule has 1 heterocycles. The zero-order chi connectivity index (χ0) is 17.5. The van der Waals surface area contributed by atoms with E-state index in [1.165, 1.54) is 7.11 Å². The zero-order valence-electron chi connectivity index (χ0n) is 14.1. The smallest absolute Gasteiger partial charge is 0.226 e. The summed E-state index contributed by atoms with van der Waals surface area (Å²) in [6, 6.07) is 3.44. The van der Waals surface area contributed by atoms with Crippen LogP contribution in [-0.2, 0) is 9.59 Å². The Kier molecular flexibility index (Phi) is 6.87. The van der Waals surface area contributed by atoms with Crippen LogP contribution in [0.25, 0.3) is 0 Å². The van der Waals surface area contributed by atoms with Gasteiger partial charge in [-0.05, 0) is 44.5 Å². The van der Waals surface area contributed by atoms with E-state index in [1.807, 2.05) is 6.92 Å². The maximum Gasteiger partial charge on any atom is 0.226 e. The van der Waals surface area contributed by atoms with Gasteiger partial charge in [-0.3, -0.25) is 9.59 Å². The van der Waals surface area contributed by atoms with Crippen LogP contribution in [0.3, 0.4) is 0 Å². The number of hydrogen-bond donors (Lipinski definition) is 3. The Morgan fingerprint density at radius 1 is 1.33 bits per heavy atom. The van der Waals surface area contributed by atoms with Gasteiger partial charge < -0.3 is 20.7 Å². The average molecular weight is 354 g/mol. The molecule has 0 aromatic heterocycles. The molecule has 2 amide bonds. The summed E-state index contributed by atoms with van der Waals surface area (Å²) in [7, 11) is 1.52. The van der Waals surface area contributed by atoms with Crippen molar-refractivity contribution in [2.24, 2.45) is 5.92 Å². The van der Waals surface area contributed by atoms with Gasteiger partial charge in [-0.1, -0.05) is 11.6 Å². The third kappa shape index (κ3) is 5.11. The quantitative estimate of drug-likeness (QED) is 0.731. The Balaban J connectivity index is 1.81. The minimum absolute atomic E-state index is 0.0317. The Morgan fingerprint density at radius 3 is 2.71 bits per heavy atom. The zero-order valence-corrected chi connectivity index (χ0v) is 14.8. The van der Waals surface area contributed by atoms with E-state index in [0.29, 0.717) is 23.0 Å². The molecule has 0 aliphatic carbocycles. The van der Waals surface area contributed by atoms with Crippen LogP contribution in [0, 0.1) is 12.8 Å². The molecule has 0 atom stereocenters. The number of ether oxygens (including phenoxy) is 1. The lowest BCUT2D eigenvalue weighted by Crippen LogP contribution is -2.39. The van der Waals surface area contributed by atoms with E-state index in [1.54, 1.807) is 12.1 Å². The van der Waals surface area contributed by atoms with Crippen LogP contribution in [0.4, 0.5) is 5.69 Å². The molecule has 1 aliphatic rings. The highest BCUT2D eigenvalue weighted by Crippen LogP contribution is 2.30. The van der Waals surface area contributed by atoms with Gasteiger partial charge in [0.1, 0.15) is 5.75 Å². The minimum atomic E-state index is -0.180. The fraction of sp³-hybridized carbons (Fsp3) is 0.529. The summed E-state index contributed by atoms with van der Waals surface area (Å²) in [6.07, 6.45) is 1.90. The van der Waals surface area contributed by atoms with Crippen LogP contribution in [-0.4, -0.2) is 38.6 Å². The van der Waals surface area contributed by atoms with Gasteiger partial charge in [0.25, 0.3) is 0 Å². The monoisotopic (exact) mass is 353 g/mol. The molecule has 0 bridgehead atoms. The normalized spacial score (nSPS) is 15.0. The molecular weight excluding hydrogens is 330 g/mol. The van der Waals surface area contributed by atoms with Crippen molar-refractivity contribution in [2.75, 3.05) is 32.1 Å². The van der Waals surface area contributed by atoms with Crippen molar-refractivity contribution in [3.05, 3.63) is 22.7 Å². The molecule has 1 aromatic rings. The van der Waals surface area contributed by atoms with E-state index in [0.717, 1.165) is 31.5 Å². The van der Waals surface area contributed by atoms with Crippen molar-refractivity contribution < 1.29 is 14.3 Å². The molecule has 3 N–H and O–H groups in total. The first-order chi connectivity index (χ1) is 11.5. The van der Waals surface area contributed by atoms with Crippen LogP contribution >= 0.6 is 11.6 Å². The highest BCUT2D eigenvalue weighted by Gasteiger charge is 2.20. The maximum absolute atomic E-state index is 12.1. The van der Waals surface area contributed by atoms with Crippen molar-refractivity contribution >= 4 is 29.1 Å². The average Bonchev–Trinajstić information content (AvgIpc) is 2.58. The number of hydrogen-bond acceptors (Lipinski definition) is 4. The summed E-state index contributed by atoms with van der Waals surface area (Å²) >= 11 is 6.05. The van der Waals surface area contributed by atoms with Gasteiger partial charge in [-0.25, -0.2) is 0 Å². The maximum atomic E-state index is 12.1. The van der Waals surface area contributed by atoms with Crippen LogP contribution in [0.2, 0.25) is 5.02 Å². The standard InChI is InChI=1S/C17H24ClN3O3/c1-11-9-14(15(24-2)10-13(11)18)21-16(22)5-8-20-17(23)12-3-6-19-7-4-12/h9-10,12,19H,3-8H2,1-2H3,(H,20,23)(H,21,22). The fourth-order valence-corrected chi connectivity index (χ4v) is 2.82. The van der Waals surface area contributed by atoms with Crippen molar-refractivity contribution in [1.82, 2.24) is 10.6 Å². The first kappa shape index (κ1) is 18.5. The van der Waals surface area contributed by atoms with Gasteiger partial charge in [0.05, 0.1) is 12.8 Å². The predicted molar refractivity (Wildman–Crippen MR) is 94.6 cm³/mol. The van der Waals surface area contributed by atoms with E-state index in [-0.39, 0.29) is 24.2 Å². The van der Waals surface area contributed by atoms with E-state index in [9.17, 15) is 9.59 Å². The topological polar surface area (TPSA) is 79.5 Å². The Morgan fingerprint density at radius 2 is 2.04 bits per heavy atom. The third-order valence-electron chi connectivity index (χ3n) is 4.12. The number of nitrogens with one attached hydrogen (secondary N) is 3. The van der Waals surface area contributed by atoms with E-state index in [2.05, 4.69) is 16.0 Å². The highest BCUT2D eigenvalue weighted by atomic mass is 35.5. The summed E-state index contributed by atoms with van der Waals surface area (Å²) in [4.78, 5) is 24.1. The van der Waals surface area contributed by atoms with Gasteiger partial charge >= 0.3 is 0 Å². The third-order valence-corrected chi connectivity index (χ3v) is 4.52. The van der Waals surface area contributed by atoms with Gasteiger partial charge in [0, 0.05) is 30.0 Å². The molecule has 0 unspecified atom stereocenters. The molecule has 24 heavy (non-hydrogen) atoms. The largest absolute Gasteiger partial charge is 0.495 e. The number of carbonyl (C=O) groups is 2. The van der Waals surface area contributed by atoms with Gasteiger partial charge in [0.2, 0.25) is 11.8 Å². The number of piperidine rings is 1. The Labute approximate surface area is 147 Å². The highest BCUT2D eigenvalue weighted by molar-refractivity contribution is 6.31. The second-order valence-corrected chi connectivity index (χ2v) is 6.32.